The van der Waals surface area contributed by atoms with Crippen molar-refractivity contribution in [1.82, 2.24) is 10.6 Å². The van der Waals surface area contributed by atoms with Crippen LogP contribution in [0, 0.1) is 0 Å². The van der Waals surface area contributed by atoms with Gasteiger partial charge in [0.2, 0.25) is 0 Å². The van der Waals surface area contributed by atoms with Crippen molar-refractivity contribution in [1.29, 1.82) is 0 Å². The van der Waals surface area contributed by atoms with Gasteiger partial charge < -0.3 is 15.4 Å². The summed E-state index contributed by atoms with van der Waals surface area (Å²) in [7, 11) is 0. The SMILES string of the molecule is CCNC(=NCC1CCCS1)NCCCOC(C)C. The highest BCUT2D eigenvalue weighted by atomic mass is 32.2. The first-order valence-corrected chi connectivity index (χ1v) is 8.52. The highest BCUT2D eigenvalue weighted by molar-refractivity contribution is 8.00. The van der Waals surface area contributed by atoms with E-state index >= 15 is 0 Å². The first kappa shape index (κ1) is 16.6. The number of ether oxygens (including phenoxy) is 1. The minimum absolute atomic E-state index is 0.321. The lowest BCUT2D eigenvalue weighted by Gasteiger charge is -2.13. The minimum Gasteiger partial charge on any atom is -0.379 e. The van der Waals surface area contributed by atoms with E-state index in [1.54, 1.807) is 0 Å². The van der Waals surface area contributed by atoms with Crippen LogP contribution in [0.4, 0.5) is 0 Å². The van der Waals surface area contributed by atoms with E-state index in [1.807, 2.05) is 0 Å². The molecule has 0 aromatic rings. The Kier molecular flexibility index (Phi) is 9.08. The molecule has 0 aliphatic carbocycles. The van der Waals surface area contributed by atoms with Crippen molar-refractivity contribution in [3.8, 4) is 0 Å². The van der Waals surface area contributed by atoms with Gasteiger partial charge in [-0.25, -0.2) is 0 Å². The minimum atomic E-state index is 0.321. The van der Waals surface area contributed by atoms with Crippen molar-refractivity contribution in [2.45, 2.75) is 51.4 Å². The fraction of sp³-hybridized carbons (Fsp3) is 0.929. The van der Waals surface area contributed by atoms with Gasteiger partial charge in [-0.05, 0) is 45.8 Å². The normalized spacial score (nSPS) is 20.0. The molecule has 1 fully saturated rings. The molecule has 19 heavy (non-hydrogen) atoms. The topological polar surface area (TPSA) is 45.7 Å². The molecule has 0 spiro atoms. The van der Waals surface area contributed by atoms with Crippen molar-refractivity contribution < 1.29 is 4.74 Å². The Morgan fingerprint density at radius 3 is 2.89 bits per heavy atom. The van der Waals surface area contributed by atoms with Gasteiger partial charge in [-0.3, -0.25) is 4.99 Å². The van der Waals surface area contributed by atoms with Crippen molar-refractivity contribution in [3.63, 3.8) is 0 Å². The first-order chi connectivity index (χ1) is 9.22. The lowest BCUT2D eigenvalue weighted by atomic mass is 10.2. The van der Waals surface area contributed by atoms with Gasteiger partial charge in [0.15, 0.2) is 5.96 Å². The van der Waals surface area contributed by atoms with Crippen molar-refractivity contribution in [2.24, 2.45) is 4.99 Å². The Labute approximate surface area is 122 Å². The molecule has 1 aliphatic heterocycles. The molecule has 5 heteroatoms. The molecule has 4 nitrogen and oxygen atoms in total. The molecule has 1 atom stereocenters. The van der Waals surface area contributed by atoms with Crippen LogP contribution in [0.3, 0.4) is 0 Å². The summed E-state index contributed by atoms with van der Waals surface area (Å²) in [5.41, 5.74) is 0. The quantitative estimate of drug-likeness (QED) is 0.408. The molecule has 1 saturated heterocycles. The molecule has 0 saturated carbocycles. The van der Waals surface area contributed by atoms with Gasteiger partial charge in [0.25, 0.3) is 0 Å². The van der Waals surface area contributed by atoms with Crippen LogP contribution < -0.4 is 10.6 Å². The Hall–Kier alpha value is -0.420. The maximum Gasteiger partial charge on any atom is 0.191 e. The highest BCUT2D eigenvalue weighted by Gasteiger charge is 2.14. The summed E-state index contributed by atoms with van der Waals surface area (Å²) in [5.74, 6) is 2.25. The van der Waals surface area contributed by atoms with Crippen LogP contribution in [-0.4, -0.2) is 49.3 Å². The molecule has 0 bridgehead atoms. The van der Waals surface area contributed by atoms with E-state index in [9.17, 15) is 0 Å². The Balaban J connectivity index is 2.17. The van der Waals surface area contributed by atoms with Crippen LogP contribution in [0.5, 0.6) is 0 Å². The molecular formula is C14H29N3OS. The standard InChI is InChI=1S/C14H29N3OS/c1-4-15-14(16-8-6-9-18-12(2)3)17-11-13-7-5-10-19-13/h12-13H,4-11H2,1-3H3,(H2,15,16,17). The predicted molar refractivity (Wildman–Crippen MR) is 85.2 cm³/mol. The largest absolute Gasteiger partial charge is 0.379 e. The number of rotatable bonds is 8. The van der Waals surface area contributed by atoms with E-state index in [0.29, 0.717) is 6.10 Å². The number of hydrogen-bond acceptors (Lipinski definition) is 3. The molecule has 1 aliphatic rings. The lowest BCUT2D eigenvalue weighted by molar-refractivity contribution is 0.0776. The Morgan fingerprint density at radius 2 is 2.26 bits per heavy atom. The van der Waals surface area contributed by atoms with Crippen molar-refractivity contribution >= 4 is 17.7 Å². The van der Waals surface area contributed by atoms with Gasteiger partial charge in [0.05, 0.1) is 12.6 Å². The second-order valence-corrected chi connectivity index (χ2v) is 6.46. The molecule has 1 heterocycles. The molecule has 0 aromatic heterocycles. The average Bonchev–Trinajstić information content (AvgIpc) is 2.88. The van der Waals surface area contributed by atoms with Crippen LogP contribution in [0.15, 0.2) is 4.99 Å². The van der Waals surface area contributed by atoms with Gasteiger partial charge in [-0.2, -0.15) is 11.8 Å². The van der Waals surface area contributed by atoms with E-state index in [1.165, 1.54) is 18.6 Å². The van der Waals surface area contributed by atoms with E-state index in [4.69, 9.17) is 4.74 Å². The average molecular weight is 287 g/mol. The molecular weight excluding hydrogens is 258 g/mol. The zero-order valence-electron chi connectivity index (χ0n) is 12.6. The molecule has 1 rings (SSSR count). The van der Waals surface area contributed by atoms with Gasteiger partial charge in [-0.15, -0.1) is 0 Å². The molecule has 112 valence electrons. The number of aliphatic imine (C=N–C) groups is 1. The third-order valence-electron chi connectivity index (χ3n) is 2.89. The Morgan fingerprint density at radius 1 is 1.42 bits per heavy atom. The zero-order valence-corrected chi connectivity index (χ0v) is 13.4. The van der Waals surface area contributed by atoms with E-state index in [2.05, 4.69) is 48.2 Å². The van der Waals surface area contributed by atoms with Crippen LogP contribution in [0.25, 0.3) is 0 Å². The number of nitrogens with one attached hydrogen (secondary N) is 2. The van der Waals surface area contributed by atoms with Crippen LogP contribution in [0.2, 0.25) is 0 Å². The summed E-state index contributed by atoms with van der Waals surface area (Å²) >= 11 is 2.05. The van der Waals surface area contributed by atoms with E-state index in [-0.39, 0.29) is 0 Å². The van der Waals surface area contributed by atoms with Crippen molar-refractivity contribution in [2.75, 3.05) is 32.0 Å². The summed E-state index contributed by atoms with van der Waals surface area (Å²) in [5, 5.41) is 7.39. The summed E-state index contributed by atoms with van der Waals surface area (Å²) in [6, 6.07) is 0. The number of thioether (sulfide) groups is 1. The highest BCUT2D eigenvalue weighted by Crippen LogP contribution is 2.25. The third-order valence-corrected chi connectivity index (χ3v) is 4.27. The molecule has 0 aromatic carbocycles. The molecule has 0 amide bonds. The second-order valence-electron chi connectivity index (χ2n) is 5.05. The number of nitrogens with zero attached hydrogens (tertiary/aromatic N) is 1. The first-order valence-electron chi connectivity index (χ1n) is 7.47. The van der Waals surface area contributed by atoms with Crippen molar-refractivity contribution in [3.05, 3.63) is 0 Å². The fourth-order valence-corrected chi connectivity index (χ4v) is 3.10. The fourth-order valence-electron chi connectivity index (χ4n) is 1.92. The van der Waals surface area contributed by atoms with Gasteiger partial charge in [-0.1, -0.05) is 0 Å². The predicted octanol–water partition coefficient (Wildman–Crippen LogP) is 2.25. The summed E-state index contributed by atoms with van der Waals surface area (Å²) < 4.78 is 5.52. The van der Waals surface area contributed by atoms with Gasteiger partial charge in [0, 0.05) is 24.9 Å². The van der Waals surface area contributed by atoms with Gasteiger partial charge >= 0.3 is 0 Å². The summed E-state index contributed by atoms with van der Waals surface area (Å²) in [6.07, 6.45) is 4.00. The maximum atomic E-state index is 5.52. The molecule has 1 unspecified atom stereocenters. The maximum absolute atomic E-state index is 5.52. The van der Waals surface area contributed by atoms with E-state index in [0.717, 1.165) is 43.9 Å². The Bertz CT molecular complexity index is 253. The number of guanidine groups is 1. The molecule has 0 radical (unpaired) electrons. The van der Waals surface area contributed by atoms with Crippen LogP contribution in [-0.2, 0) is 4.74 Å². The smallest absolute Gasteiger partial charge is 0.191 e. The second kappa shape index (κ2) is 10.4. The lowest BCUT2D eigenvalue weighted by Crippen LogP contribution is -2.38. The summed E-state index contributed by atoms with van der Waals surface area (Å²) in [4.78, 5) is 4.66. The van der Waals surface area contributed by atoms with Crippen LogP contribution >= 0.6 is 11.8 Å². The third kappa shape index (κ3) is 8.37. The zero-order chi connectivity index (χ0) is 13.9. The summed E-state index contributed by atoms with van der Waals surface area (Å²) in [6.45, 7) is 9.80. The number of hydrogen-bond donors (Lipinski definition) is 2. The van der Waals surface area contributed by atoms with E-state index < -0.39 is 0 Å². The van der Waals surface area contributed by atoms with Gasteiger partial charge in [0.1, 0.15) is 0 Å². The van der Waals surface area contributed by atoms with Crippen LogP contribution in [0.1, 0.15) is 40.0 Å². The molecule has 2 N–H and O–H groups in total. The monoisotopic (exact) mass is 287 g/mol.